The third-order valence-electron chi connectivity index (χ3n) is 3.10. The Kier molecular flexibility index (Phi) is 2.76. The first-order valence-electron chi connectivity index (χ1n) is 6.05. The van der Waals surface area contributed by atoms with Gasteiger partial charge in [-0.1, -0.05) is 42.5 Å². The van der Waals surface area contributed by atoms with Crippen LogP contribution in [0.25, 0.3) is 10.9 Å². The molecule has 0 atom stereocenters. The molecule has 0 radical (unpaired) electrons. The topological polar surface area (TPSA) is 60.9 Å². The molecule has 0 amide bonds. The van der Waals surface area contributed by atoms with Gasteiger partial charge in [0.25, 0.3) is 0 Å². The van der Waals surface area contributed by atoms with Crippen molar-refractivity contribution in [3.8, 4) is 0 Å². The lowest BCUT2D eigenvalue weighted by molar-refractivity contribution is 0.764. The minimum absolute atomic E-state index is 0.282. The Morgan fingerprint density at radius 2 is 1.68 bits per heavy atom. The summed E-state index contributed by atoms with van der Waals surface area (Å²) in [5, 5.41) is 0.804. The highest BCUT2D eigenvalue weighted by Crippen LogP contribution is 2.17. The molecule has 0 aliphatic heterocycles. The van der Waals surface area contributed by atoms with E-state index >= 15 is 0 Å². The molecule has 2 aromatic carbocycles. The summed E-state index contributed by atoms with van der Waals surface area (Å²) in [7, 11) is 0. The van der Waals surface area contributed by atoms with Gasteiger partial charge in [-0.2, -0.15) is 4.98 Å². The number of benzene rings is 2. The van der Waals surface area contributed by atoms with Crippen molar-refractivity contribution in [2.75, 3.05) is 5.73 Å². The van der Waals surface area contributed by atoms with Crippen LogP contribution in [0, 0.1) is 0 Å². The van der Waals surface area contributed by atoms with Crippen molar-refractivity contribution in [2.45, 2.75) is 6.54 Å². The Bertz CT molecular complexity index is 778. The summed E-state index contributed by atoms with van der Waals surface area (Å²) in [6, 6.07) is 17.4. The summed E-state index contributed by atoms with van der Waals surface area (Å²) < 4.78 is 1.64. The summed E-state index contributed by atoms with van der Waals surface area (Å²) in [6.45, 7) is 0.494. The summed E-state index contributed by atoms with van der Waals surface area (Å²) in [4.78, 5) is 15.9. The van der Waals surface area contributed by atoms with Crippen molar-refractivity contribution in [3.05, 3.63) is 70.6 Å². The zero-order valence-electron chi connectivity index (χ0n) is 10.3. The summed E-state index contributed by atoms with van der Waals surface area (Å²) in [5.41, 5.74) is 7.34. The minimum atomic E-state index is -0.319. The van der Waals surface area contributed by atoms with Gasteiger partial charge in [0.1, 0.15) is 5.82 Å². The molecule has 0 saturated heterocycles. The van der Waals surface area contributed by atoms with Gasteiger partial charge in [0.2, 0.25) is 0 Å². The van der Waals surface area contributed by atoms with Crippen LogP contribution in [0.3, 0.4) is 0 Å². The van der Waals surface area contributed by atoms with Gasteiger partial charge < -0.3 is 5.73 Å². The van der Waals surface area contributed by atoms with Gasteiger partial charge in [-0.3, -0.25) is 4.57 Å². The highest BCUT2D eigenvalue weighted by molar-refractivity contribution is 5.88. The van der Waals surface area contributed by atoms with Crippen LogP contribution >= 0.6 is 0 Å². The maximum absolute atomic E-state index is 12.0. The van der Waals surface area contributed by atoms with Gasteiger partial charge in [0.05, 0.1) is 12.1 Å². The molecule has 0 aliphatic carbocycles. The van der Waals surface area contributed by atoms with Crippen LogP contribution < -0.4 is 11.4 Å². The number of nitrogen functional groups attached to an aromatic ring is 1. The number of hydrogen-bond acceptors (Lipinski definition) is 3. The van der Waals surface area contributed by atoms with Crippen LogP contribution in [-0.2, 0) is 6.54 Å². The van der Waals surface area contributed by atoms with E-state index < -0.39 is 0 Å². The Balaban J connectivity index is 2.21. The lowest BCUT2D eigenvalue weighted by Crippen LogP contribution is -2.25. The zero-order chi connectivity index (χ0) is 13.2. The molecule has 3 rings (SSSR count). The van der Waals surface area contributed by atoms with Crippen LogP contribution in [0.15, 0.2) is 59.4 Å². The lowest BCUT2D eigenvalue weighted by Gasteiger charge is -2.10. The smallest absolute Gasteiger partial charge is 0.350 e. The van der Waals surface area contributed by atoms with E-state index in [1.807, 2.05) is 54.6 Å². The number of nitrogens with zero attached hydrogens (tertiary/aromatic N) is 2. The van der Waals surface area contributed by atoms with E-state index in [2.05, 4.69) is 4.98 Å². The molecule has 2 N–H and O–H groups in total. The molecule has 19 heavy (non-hydrogen) atoms. The van der Waals surface area contributed by atoms with E-state index in [4.69, 9.17) is 5.73 Å². The van der Waals surface area contributed by atoms with E-state index in [1.165, 1.54) is 0 Å². The Labute approximate surface area is 110 Å². The standard InChI is InChI=1S/C15H13N3O/c16-14-12-8-4-5-9-13(12)18(15(19)17-14)10-11-6-2-1-3-7-11/h1-9H,10H2,(H2,16,17,19). The highest BCUT2D eigenvalue weighted by atomic mass is 16.1. The average molecular weight is 251 g/mol. The predicted octanol–water partition coefficient (Wildman–Crippen LogP) is 2.03. The molecule has 0 spiro atoms. The normalized spacial score (nSPS) is 10.7. The van der Waals surface area contributed by atoms with Crippen molar-refractivity contribution in [1.29, 1.82) is 0 Å². The SMILES string of the molecule is Nc1nc(=O)n(Cc2ccccc2)c2ccccc12. The number of para-hydroxylation sites is 1. The first-order chi connectivity index (χ1) is 9.25. The molecule has 0 bridgehead atoms. The van der Waals surface area contributed by atoms with Crippen LogP contribution in [0.4, 0.5) is 5.82 Å². The van der Waals surface area contributed by atoms with Crippen LogP contribution in [-0.4, -0.2) is 9.55 Å². The molecular formula is C15H13N3O. The fourth-order valence-electron chi connectivity index (χ4n) is 2.17. The summed E-state index contributed by atoms with van der Waals surface area (Å²) in [6.07, 6.45) is 0. The minimum Gasteiger partial charge on any atom is -0.383 e. The van der Waals surface area contributed by atoms with E-state index in [0.29, 0.717) is 6.54 Å². The monoisotopic (exact) mass is 251 g/mol. The second-order valence-corrected chi connectivity index (χ2v) is 4.37. The maximum Gasteiger partial charge on any atom is 0.350 e. The molecule has 4 nitrogen and oxygen atoms in total. The number of aromatic nitrogens is 2. The largest absolute Gasteiger partial charge is 0.383 e. The van der Waals surface area contributed by atoms with Crippen molar-refractivity contribution in [1.82, 2.24) is 9.55 Å². The molecule has 1 aromatic heterocycles. The number of nitrogens with two attached hydrogens (primary N) is 1. The molecule has 1 heterocycles. The Hall–Kier alpha value is -2.62. The van der Waals surface area contributed by atoms with Crippen molar-refractivity contribution >= 4 is 16.7 Å². The molecular weight excluding hydrogens is 238 g/mol. The summed E-state index contributed by atoms with van der Waals surface area (Å²) in [5.74, 6) is 0.282. The maximum atomic E-state index is 12.0. The fraction of sp³-hybridized carbons (Fsp3) is 0.0667. The van der Waals surface area contributed by atoms with Crippen LogP contribution in [0.5, 0.6) is 0 Å². The Morgan fingerprint density at radius 3 is 2.47 bits per heavy atom. The number of hydrogen-bond donors (Lipinski definition) is 1. The number of fused-ring (bicyclic) bond motifs is 1. The third-order valence-corrected chi connectivity index (χ3v) is 3.10. The van der Waals surface area contributed by atoms with Crippen molar-refractivity contribution in [2.24, 2.45) is 0 Å². The Morgan fingerprint density at radius 1 is 1.00 bits per heavy atom. The average Bonchev–Trinajstić information content (AvgIpc) is 2.45. The fourth-order valence-corrected chi connectivity index (χ4v) is 2.17. The zero-order valence-corrected chi connectivity index (χ0v) is 10.3. The lowest BCUT2D eigenvalue weighted by atomic mass is 10.2. The summed E-state index contributed by atoms with van der Waals surface area (Å²) >= 11 is 0. The second-order valence-electron chi connectivity index (χ2n) is 4.37. The van der Waals surface area contributed by atoms with Gasteiger partial charge >= 0.3 is 5.69 Å². The van der Waals surface area contributed by atoms with Crippen LogP contribution in [0.1, 0.15) is 5.56 Å². The highest BCUT2D eigenvalue weighted by Gasteiger charge is 2.07. The van der Waals surface area contributed by atoms with Gasteiger partial charge in [-0.05, 0) is 17.7 Å². The van der Waals surface area contributed by atoms with E-state index in [-0.39, 0.29) is 11.5 Å². The van der Waals surface area contributed by atoms with E-state index in [9.17, 15) is 4.79 Å². The van der Waals surface area contributed by atoms with Crippen LogP contribution in [0.2, 0.25) is 0 Å². The molecule has 0 unspecified atom stereocenters. The molecule has 4 heteroatoms. The first kappa shape index (κ1) is 11.5. The molecule has 94 valence electrons. The third kappa shape index (κ3) is 2.08. The van der Waals surface area contributed by atoms with Gasteiger partial charge in [-0.15, -0.1) is 0 Å². The van der Waals surface area contributed by atoms with Gasteiger partial charge in [0.15, 0.2) is 0 Å². The van der Waals surface area contributed by atoms with E-state index in [1.54, 1.807) is 4.57 Å². The molecule has 0 saturated carbocycles. The van der Waals surface area contributed by atoms with E-state index in [0.717, 1.165) is 16.5 Å². The van der Waals surface area contributed by atoms with Gasteiger partial charge in [-0.25, -0.2) is 4.79 Å². The quantitative estimate of drug-likeness (QED) is 0.758. The first-order valence-corrected chi connectivity index (χ1v) is 6.05. The molecule has 0 aliphatic rings. The molecule has 3 aromatic rings. The predicted molar refractivity (Wildman–Crippen MR) is 76.0 cm³/mol. The van der Waals surface area contributed by atoms with Crippen molar-refractivity contribution < 1.29 is 0 Å². The number of rotatable bonds is 2. The second kappa shape index (κ2) is 4.57. The van der Waals surface area contributed by atoms with Crippen molar-refractivity contribution in [3.63, 3.8) is 0 Å². The number of anilines is 1. The van der Waals surface area contributed by atoms with Gasteiger partial charge in [0, 0.05) is 5.39 Å². The molecule has 0 fully saturated rings.